The summed E-state index contributed by atoms with van der Waals surface area (Å²) < 4.78 is 5.42. The lowest BCUT2D eigenvalue weighted by Crippen LogP contribution is -2.41. The second-order valence-corrected chi connectivity index (χ2v) is 6.87. The molecule has 0 bridgehead atoms. The molecule has 0 radical (unpaired) electrons. The van der Waals surface area contributed by atoms with Crippen molar-refractivity contribution < 1.29 is 4.52 Å². The van der Waals surface area contributed by atoms with Gasteiger partial charge in [0.15, 0.2) is 5.96 Å². The second kappa shape index (κ2) is 13.4. The molecule has 1 heterocycles. The summed E-state index contributed by atoms with van der Waals surface area (Å²) in [6, 6.07) is 1.15. The van der Waals surface area contributed by atoms with Crippen LogP contribution < -0.4 is 10.6 Å². The number of aryl methyl sites for hydroxylation is 2. The van der Waals surface area contributed by atoms with Crippen LogP contribution in [0.1, 0.15) is 65.0 Å². The Balaban J connectivity index is 0.00000625. The van der Waals surface area contributed by atoms with E-state index in [0.717, 1.165) is 49.8 Å². The van der Waals surface area contributed by atoms with Gasteiger partial charge >= 0.3 is 0 Å². The van der Waals surface area contributed by atoms with E-state index < -0.39 is 0 Å². The van der Waals surface area contributed by atoms with Crippen LogP contribution in [0.4, 0.5) is 0 Å². The van der Waals surface area contributed by atoms with Gasteiger partial charge in [0, 0.05) is 50.7 Å². The van der Waals surface area contributed by atoms with E-state index in [2.05, 4.69) is 67.2 Å². The first-order valence-electron chi connectivity index (χ1n) is 9.61. The predicted molar refractivity (Wildman–Crippen MR) is 120 cm³/mol. The molecule has 0 aliphatic carbocycles. The maximum atomic E-state index is 5.42. The fraction of sp³-hybridized carbons (Fsp3) is 0.789. The summed E-state index contributed by atoms with van der Waals surface area (Å²) in [4.78, 5) is 6.83. The van der Waals surface area contributed by atoms with Gasteiger partial charge in [0.2, 0.25) is 0 Å². The quantitative estimate of drug-likeness (QED) is 0.233. The minimum atomic E-state index is 0. The standard InChI is InChI=1S/C19H37N5O.HI/c1-8-17-16(18(9-2)25-23-17)13-22-19(20-7)21-11-10-12-24(14(3)4)15(5)6;/h14-15H,8-13H2,1-7H3,(H2,20,21,22);1H. The second-order valence-electron chi connectivity index (χ2n) is 6.87. The third-order valence-electron chi connectivity index (χ3n) is 4.48. The van der Waals surface area contributed by atoms with Gasteiger partial charge in [0.1, 0.15) is 5.76 Å². The molecule has 6 nitrogen and oxygen atoms in total. The highest BCUT2D eigenvalue weighted by molar-refractivity contribution is 14.0. The van der Waals surface area contributed by atoms with Crippen molar-refractivity contribution >= 4 is 29.9 Å². The first-order valence-corrected chi connectivity index (χ1v) is 9.61. The molecule has 2 N–H and O–H groups in total. The summed E-state index contributed by atoms with van der Waals surface area (Å²) in [5.74, 6) is 1.79. The lowest BCUT2D eigenvalue weighted by Gasteiger charge is -2.30. The number of nitrogens with one attached hydrogen (secondary N) is 2. The molecule has 26 heavy (non-hydrogen) atoms. The topological polar surface area (TPSA) is 65.7 Å². The summed E-state index contributed by atoms with van der Waals surface area (Å²) in [7, 11) is 1.80. The number of nitrogens with zero attached hydrogens (tertiary/aromatic N) is 3. The summed E-state index contributed by atoms with van der Waals surface area (Å²) in [6.07, 6.45) is 2.83. The fourth-order valence-electron chi connectivity index (χ4n) is 3.11. The number of halogens is 1. The molecule has 0 saturated carbocycles. The van der Waals surface area contributed by atoms with Crippen molar-refractivity contribution in [2.45, 2.75) is 79.4 Å². The van der Waals surface area contributed by atoms with Crippen LogP contribution >= 0.6 is 24.0 Å². The molecule has 1 aromatic heterocycles. The van der Waals surface area contributed by atoms with E-state index in [1.165, 1.54) is 5.56 Å². The van der Waals surface area contributed by atoms with Crippen LogP contribution in [0.25, 0.3) is 0 Å². The molecular weight excluding hydrogens is 441 g/mol. The highest BCUT2D eigenvalue weighted by Crippen LogP contribution is 2.15. The summed E-state index contributed by atoms with van der Waals surface area (Å²) >= 11 is 0. The number of guanidine groups is 1. The van der Waals surface area contributed by atoms with Crippen molar-refractivity contribution in [2.24, 2.45) is 4.99 Å². The number of aliphatic imine (C=N–C) groups is 1. The molecule has 0 atom stereocenters. The first kappa shape index (κ1) is 25.2. The van der Waals surface area contributed by atoms with Crippen LogP contribution in [0.5, 0.6) is 0 Å². The summed E-state index contributed by atoms with van der Waals surface area (Å²) in [5, 5.41) is 10.9. The Morgan fingerprint density at radius 3 is 2.27 bits per heavy atom. The zero-order chi connectivity index (χ0) is 18.8. The van der Waals surface area contributed by atoms with Gasteiger partial charge in [-0.2, -0.15) is 0 Å². The Labute approximate surface area is 176 Å². The van der Waals surface area contributed by atoms with Gasteiger partial charge in [-0.1, -0.05) is 19.0 Å². The van der Waals surface area contributed by atoms with Crippen LogP contribution in [-0.4, -0.2) is 48.2 Å². The van der Waals surface area contributed by atoms with Crippen LogP contribution in [0.15, 0.2) is 9.52 Å². The minimum Gasteiger partial charge on any atom is -0.361 e. The third kappa shape index (κ3) is 7.82. The lowest BCUT2D eigenvalue weighted by atomic mass is 10.1. The zero-order valence-corrected chi connectivity index (χ0v) is 19.9. The third-order valence-corrected chi connectivity index (χ3v) is 4.48. The van der Waals surface area contributed by atoms with Crippen LogP contribution in [0, 0.1) is 0 Å². The van der Waals surface area contributed by atoms with E-state index in [4.69, 9.17) is 4.52 Å². The molecule has 0 aliphatic heterocycles. The zero-order valence-electron chi connectivity index (χ0n) is 17.6. The molecule has 1 aromatic rings. The number of aromatic nitrogens is 1. The smallest absolute Gasteiger partial charge is 0.191 e. The molecule has 0 spiro atoms. The molecule has 0 aliphatic rings. The predicted octanol–water partition coefficient (Wildman–Crippen LogP) is 3.59. The molecule has 0 saturated heterocycles. The Hall–Kier alpha value is -0.830. The largest absolute Gasteiger partial charge is 0.361 e. The number of hydrogen-bond acceptors (Lipinski definition) is 4. The Morgan fingerprint density at radius 2 is 1.77 bits per heavy atom. The summed E-state index contributed by atoms with van der Waals surface area (Å²) in [6.45, 7) is 15.9. The van der Waals surface area contributed by atoms with E-state index in [-0.39, 0.29) is 24.0 Å². The first-order chi connectivity index (χ1) is 11.9. The van der Waals surface area contributed by atoms with Crippen molar-refractivity contribution in [1.29, 1.82) is 0 Å². The lowest BCUT2D eigenvalue weighted by molar-refractivity contribution is 0.173. The van der Waals surface area contributed by atoms with Crippen molar-refractivity contribution in [2.75, 3.05) is 20.1 Å². The number of hydrogen-bond donors (Lipinski definition) is 2. The van der Waals surface area contributed by atoms with Crippen molar-refractivity contribution in [3.05, 3.63) is 17.0 Å². The molecule has 0 amide bonds. The van der Waals surface area contributed by atoms with Crippen LogP contribution in [0.3, 0.4) is 0 Å². The Morgan fingerprint density at radius 1 is 1.12 bits per heavy atom. The SMILES string of the molecule is CCc1noc(CC)c1CNC(=NC)NCCCN(C(C)C)C(C)C.I. The van der Waals surface area contributed by atoms with Crippen molar-refractivity contribution in [3.63, 3.8) is 0 Å². The Bertz CT molecular complexity index is 498. The minimum absolute atomic E-state index is 0. The highest BCUT2D eigenvalue weighted by Gasteiger charge is 2.14. The molecule has 0 fully saturated rings. The van der Waals surface area contributed by atoms with Gasteiger partial charge < -0.3 is 15.2 Å². The molecule has 152 valence electrons. The molecular formula is C19H38IN5O. The van der Waals surface area contributed by atoms with E-state index in [1.807, 2.05) is 0 Å². The monoisotopic (exact) mass is 479 g/mol. The van der Waals surface area contributed by atoms with Crippen molar-refractivity contribution in [3.8, 4) is 0 Å². The number of rotatable bonds is 10. The van der Waals surface area contributed by atoms with E-state index in [1.54, 1.807) is 7.05 Å². The maximum Gasteiger partial charge on any atom is 0.191 e. The van der Waals surface area contributed by atoms with E-state index in [9.17, 15) is 0 Å². The van der Waals surface area contributed by atoms with Gasteiger partial charge in [-0.15, -0.1) is 24.0 Å². The van der Waals surface area contributed by atoms with Gasteiger partial charge in [-0.3, -0.25) is 9.89 Å². The molecule has 0 unspecified atom stereocenters. The van der Waals surface area contributed by atoms with Gasteiger partial charge in [0.05, 0.1) is 5.69 Å². The fourth-order valence-corrected chi connectivity index (χ4v) is 3.11. The maximum absolute atomic E-state index is 5.42. The highest BCUT2D eigenvalue weighted by atomic mass is 127. The molecule has 0 aromatic carbocycles. The van der Waals surface area contributed by atoms with Gasteiger partial charge in [-0.25, -0.2) is 0 Å². The van der Waals surface area contributed by atoms with E-state index in [0.29, 0.717) is 18.6 Å². The van der Waals surface area contributed by atoms with Gasteiger partial charge in [-0.05, 0) is 40.5 Å². The molecule has 7 heteroatoms. The van der Waals surface area contributed by atoms with Crippen LogP contribution in [-0.2, 0) is 19.4 Å². The summed E-state index contributed by atoms with van der Waals surface area (Å²) in [5.41, 5.74) is 2.20. The van der Waals surface area contributed by atoms with Crippen molar-refractivity contribution in [1.82, 2.24) is 20.7 Å². The van der Waals surface area contributed by atoms with E-state index >= 15 is 0 Å². The molecule has 1 rings (SSSR count). The van der Waals surface area contributed by atoms with Crippen LogP contribution in [0.2, 0.25) is 0 Å². The average Bonchev–Trinajstić information content (AvgIpc) is 2.98. The normalized spacial score (nSPS) is 12.0. The Kier molecular flexibility index (Phi) is 12.9. The average molecular weight is 479 g/mol. The van der Waals surface area contributed by atoms with Gasteiger partial charge in [0.25, 0.3) is 0 Å².